The second kappa shape index (κ2) is 7.01. The summed E-state index contributed by atoms with van der Waals surface area (Å²) < 4.78 is 45.1. The first-order valence-electron chi connectivity index (χ1n) is 8.43. The number of piperazine rings is 1. The molecule has 0 radical (unpaired) electrons. The number of hydrogen-bond acceptors (Lipinski definition) is 4. The minimum atomic E-state index is -4.47. The highest BCUT2D eigenvalue weighted by atomic mass is 19.4. The van der Waals surface area contributed by atoms with Crippen LogP contribution in [-0.2, 0) is 11.0 Å². The quantitative estimate of drug-likeness (QED) is 0.831. The lowest BCUT2D eigenvalue weighted by Gasteiger charge is -2.34. The summed E-state index contributed by atoms with van der Waals surface area (Å²) in [5.74, 6) is 0.110. The van der Waals surface area contributed by atoms with Gasteiger partial charge < -0.3 is 14.2 Å². The van der Waals surface area contributed by atoms with Crippen molar-refractivity contribution in [3.8, 4) is 11.3 Å². The number of aromatic nitrogens is 1. The number of amides is 1. The number of hydrogen-bond donors (Lipinski definition) is 0. The number of benzene rings is 1. The number of alkyl halides is 3. The molecule has 0 N–H and O–H groups in total. The van der Waals surface area contributed by atoms with Crippen LogP contribution in [0, 0.1) is 5.92 Å². The number of nitrogens with zero attached hydrogens (tertiary/aromatic N) is 3. The van der Waals surface area contributed by atoms with Crippen molar-refractivity contribution in [2.75, 3.05) is 31.1 Å². The topological polar surface area (TPSA) is 49.6 Å². The van der Waals surface area contributed by atoms with Crippen LogP contribution >= 0.6 is 0 Å². The van der Waals surface area contributed by atoms with E-state index in [0.717, 1.165) is 6.07 Å². The lowest BCUT2D eigenvalue weighted by Crippen LogP contribution is -2.50. The fourth-order valence-electron chi connectivity index (χ4n) is 2.96. The monoisotopic (exact) mass is 367 g/mol. The molecule has 0 aliphatic carbocycles. The van der Waals surface area contributed by atoms with E-state index in [1.54, 1.807) is 4.90 Å². The summed E-state index contributed by atoms with van der Waals surface area (Å²) in [6, 6.07) is 5.53. The molecule has 0 bridgehead atoms. The Hall–Kier alpha value is -2.51. The zero-order valence-electron chi connectivity index (χ0n) is 14.6. The van der Waals surface area contributed by atoms with E-state index < -0.39 is 11.7 Å². The lowest BCUT2D eigenvalue weighted by atomic mass is 10.1. The van der Waals surface area contributed by atoms with E-state index in [-0.39, 0.29) is 29.2 Å². The normalized spacial score (nSPS) is 15.6. The molecule has 3 rings (SSSR count). The van der Waals surface area contributed by atoms with Gasteiger partial charge in [-0.3, -0.25) is 4.79 Å². The van der Waals surface area contributed by atoms with Crippen LogP contribution in [0.4, 0.5) is 19.2 Å². The van der Waals surface area contributed by atoms with E-state index in [4.69, 9.17) is 4.42 Å². The molecule has 1 aromatic heterocycles. The largest absolute Gasteiger partial charge is 0.423 e. The Morgan fingerprint density at radius 3 is 2.42 bits per heavy atom. The van der Waals surface area contributed by atoms with E-state index in [0.29, 0.717) is 26.2 Å². The SMILES string of the molecule is CC(C)C(=O)N1CCN(c2ncc(-c3ccccc3C(F)(F)F)o2)CC1. The van der Waals surface area contributed by atoms with E-state index in [1.165, 1.54) is 24.4 Å². The van der Waals surface area contributed by atoms with Gasteiger partial charge in [0.05, 0.1) is 11.8 Å². The van der Waals surface area contributed by atoms with Crippen LogP contribution in [0.1, 0.15) is 19.4 Å². The van der Waals surface area contributed by atoms with E-state index in [9.17, 15) is 18.0 Å². The van der Waals surface area contributed by atoms with Gasteiger partial charge in [-0.25, -0.2) is 4.98 Å². The molecule has 2 aromatic rings. The molecule has 1 saturated heterocycles. The van der Waals surface area contributed by atoms with Crippen LogP contribution in [0.15, 0.2) is 34.9 Å². The van der Waals surface area contributed by atoms with Crippen molar-refractivity contribution in [3.05, 3.63) is 36.0 Å². The molecule has 0 spiro atoms. The van der Waals surface area contributed by atoms with Gasteiger partial charge >= 0.3 is 6.18 Å². The lowest BCUT2D eigenvalue weighted by molar-refractivity contribution is -0.137. The third-order valence-corrected chi connectivity index (χ3v) is 4.35. The van der Waals surface area contributed by atoms with Gasteiger partial charge in [0.25, 0.3) is 6.01 Å². The van der Waals surface area contributed by atoms with Gasteiger partial charge in [-0.1, -0.05) is 32.0 Å². The van der Waals surface area contributed by atoms with Crippen molar-refractivity contribution in [2.45, 2.75) is 20.0 Å². The number of carbonyl (C=O) groups excluding carboxylic acids is 1. The fourth-order valence-corrected chi connectivity index (χ4v) is 2.96. The minimum absolute atomic E-state index is 0.0348. The van der Waals surface area contributed by atoms with Gasteiger partial charge in [-0.2, -0.15) is 13.2 Å². The van der Waals surface area contributed by atoms with Crippen molar-refractivity contribution >= 4 is 11.9 Å². The van der Waals surface area contributed by atoms with Crippen LogP contribution in [-0.4, -0.2) is 42.0 Å². The summed E-state index contributed by atoms with van der Waals surface area (Å²) in [6.45, 7) is 5.83. The highest BCUT2D eigenvalue weighted by Crippen LogP contribution is 2.37. The maximum atomic E-state index is 13.2. The number of oxazole rings is 1. The molecular weight excluding hydrogens is 347 g/mol. The summed E-state index contributed by atoms with van der Waals surface area (Å²) in [4.78, 5) is 19.8. The summed E-state index contributed by atoms with van der Waals surface area (Å²) in [7, 11) is 0. The molecule has 8 heteroatoms. The summed E-state index contributed by atoms with van der Waals surface area (Å²) in [5.41, 5.74) is -0.789. The van der Waals surface area contributed by atoms with E-state index in [1.807, 2.05) is 18.7 Å². The second-order valence-corrected chi connectivity index (χ2v) is 6.52. The summed E-state index contributed by atoms with van der Waals surface area (Å²) in [6.07, 6.45) is -3.15. The summed E-state index contributed by atoms with van der Waals surface area (Å²) >= 11 is 0. The first kappa shape index (κ1) is 18.3. The second-order valence-electron chi connectivity index (χ2n) is 6.52. The molecule has 0 atom stereocenters. The van der Waals surface area contributed by atoms with Gasteiger partial charge in [-0.05, 0) is 6.07 Å². The standard InChI is InChI=1S/C18H20F3N3O2/c1-12(2)16(25)23-7-9-24(10-8-23)17-22-11-15(26-17)13-5-3-4-6-14(13)18(19,20)21/h3-6,11-12H,7-10H2,1-2H3. The predicted octanol–water partition coefficient (Wildman–Crippen LogP) is 3.67. The van der Waals surface area contributed by atoms with E-state index in [2.05, 4.69) is 4.98 Å². The molecule has 1 aromatic carbocycles. The van der Waals surface area contributed by atoms with Gasteiger partial charge in [0.1, 0.15) is 0 Å². The molecule has 26 heavy (non-hydrogen) atoms. The Labute approximate surface area is 149 Å². The molecule has 1 fully saturated rings. The van der Waals surface area contributed by atoms with Crippen molar-refractivity contribution in [3.63, 3.8) is 0 Å². The zero-order valence-corrected chi connectivity index (χ0v) is 14.6. The highest BCUT2D eigenvalue weighted by Gasteiger charge is 2.34. The molecule has 5 nitrogen and oxygen atoms in total. The predicted molar refractivity (Wildman–Crippen MR) is 90.6 cm³/mol. The molecule has 0 saturated carbocycles. The minimum Gasteiger partial charge on any atom is -0.423 e. The molecule has 1 aliphatic heterocycles. The third kappa shape index (κ3) is 3.68. The fraction of sp³-hybridized carbons (Fsp3) is 0.444. The first-order chi connectivity index (χ1) is 12.3. The Morgan fingerprint density at radius 2 is 1.81 bits per heavy atom. The van der Waals surface area contributed by atoms with Crippen molar-refractivity contribution < 1.29 is 22.4 Å². The molecule has 0 unspecified atom stereocenters. The van der Waals surface area contributed by atoms with Crippen molar-refractivity contribution in [1.29, 1.82) is 0 Å². The Bertz CT molecular complexity index is 778. The zero-order chi connectivity index (χ0) is 18.9. The van der Waals surface area contributed by atoms with Crippen LogP contribution in [0.5, 0.6) is 0 Å². The van der Waals surface area contributed by atoms with Gasteiger partial charge in [0.15, 0.2) is 5.76 Å². The van der Waals surface area contributed by atoms with Crippen molar-refractivity contribution in [1.82, 2.24) is 9.88 Å². The van der Waals surface area contributed by atoms with Gasteiger partial charge in [-0.15, -0.1) is 0 Å². The van der Waals surface area contributed by atoms with Gasteiger partial charge in [0.2, 0.25) is 5.91 Å². The Kier molecular flexibility index (Phi) is 4.93. The molecule has 1 aliphatic rings. The highest BCUT2D eigenvalue weighted by molar-refractivity contribution is 5.78. The first-order valence-corrected chi connectivity index (χ1v) is 8.43. The Morgan fingerprint density at radius 1 is 1.15 bits per heavy atom. The number of rotatable bonds is 3. The molecular formula is C18H20F3N3O2. The van der Waals surface area contributed by atoms with Crippen LogP contribution < -0.4 is 4.90 Å². The average Bonchev–Trinajstić information content (AvgIpc) is 3.10. The van der Waals surface area contributed by atoms with Gasteiger partial charge in [0, 0.05) is 37.7 Å². The third-order valence-electron chi connectivity index (χ3n) is 4.35. The molecule has 1 amide bonds. The van der Waals surface area contributed by atoms with E-state index >= 15 is 0 Å². The molecule has 2 heterocycles. The smallest absolute Gasteiger partial charge is 0.417 e. The maximum absolute atomic E-state index is 13.2. The van der Waals surface area contributed by atoms with Crippen LogP contribution in [0.2, 0.25) is 0 Å². The average molecular weight is 367 g/mol. The number of carbonyl (C=O) groups is 1. The molecule has 140 valence electrons. The number of anilines is 1. The van der Waals surface area contributed by atoms with Crippen LogP contribution in [0.25, 0.3) is 11.3 Å². The Balaban J connectivity index is 1.75. The summed E-state index contributed by atoms with van der Waals surface area (Å²) in [5, 5.41) is 0. The van der Waals surface area contributed by atoms with Crippen LogP contribution in [0.3, 0.4) is 0 Å². The van der Waals surface area contributed by atoms with Crippen molar-refractivity contribution in [2.24, 2.45) is 5.92 Å². The number of halogens is 3. The maximum Gasteiger partial charge on any atom is 0.417 e.